The van der Waals surface area contributed by atoms with Gasteiger partial charge in [0, 0.05) is 15.5 Å². The van der Waals surface area contributed by atoms with E-state index in [-0.39, 0.29) is 11.2 Å². The number of hydrogen-bond donors (Lipinski definition) is 1. The van der Waals surface area contributed by atoms with Gasteiger partial charge >= 0.3 is 0 Å². The van der Waals surface area contributed by atoms with Crippen molar-refractivity contribution in [2.75, 3.05) is 11.1 Å². The third kappa shape index (κ3) is 2.86. The van der Waals surface area contributed by atoms with Crippen LogP contribution in [0.15, 0.2) is 40.9 Å². The number of hydrogen-bond acceptors (Lipinski definition) is 2. The Kier molecular flexibility index (Phi) is 4.32. The first-order valence-electron chi connectivity index (χ1n) is 6.85. The zero-order valence-corrected chi connectivity index (χ0v) is 13.5. The Morgan fingerprint density at radius 2 is 1.95 bits per heavy atom. The molecule has 1 amide bonds. The molecule has 1 aliphatic rings. The van der Waals surface area contributed by atoms with Gasteiger partial charge in [0.15, 0.2) is 0 Å². The van der Waals surface area contributed by atoms with Gasteiger partial charge in [0.25, 0.3) is 0 Å². The summed E-state index contributed by atoms with van der Waals surface area (Å²) in [6, 6.07) is 12.1. The number of amides is 1. The van der Waals surface area contributed by atoms with Crippen LogP contribution in [-0.4, -0.2) is 16.9 Å². The Labute approximate surface area is 131 Å². The fourth-order valence-electron chi connectivity index (χ4n) is 2.53. The van der Waals surface area contributed by atoms with Gasteiger partial charge in [0.2, 0.25) is 5.91 Å². The van der Waals surface area contributed by atoms with Crippen molar-refractivity contribution in [3.8, 4) is 0 Å². The van der Waals surface area contributed by atoms with Crippen LogP contribution in [-0.2, 0) is 4.79 Å². The van der Waals surface area contributed by atoms with Crippen LogP contribution in [0.1, 0.15) is 19.3 Å². The molecular formula is C16H16BrNOS. The third-order valence-electron chi connectivity index (χ3n) is 3.60. The second-order valence-electron chi connectivity index (χ2n) is 4.98. The first-order valence-corrected chi connectivity index (χ1v) is 8.69. The van der Waals surface area contributed by atoms with Crippen LogP contribution in [0.3, 0.4) is 0 Å². The molecule has 1 aliphatic heterocycles. The van der Waals surface area contributed by atoms with Crippen LogP contribution in [0.2, 0.25) is 0 Å². The van der Waals surface area contributed by atoms with Crippen LogP contribution >= 0.6 is 27.7 Å². The van der Waals surface area contributed by atoms with E-state index in [1.807, 2.05) is 30.3 Å². The van der Waals surface area contributed by atoms with Gasteiger partial charge in [-0.05, 0) is 36.1 Å². The second-order valence-corrected chi connectivity index (χ2v) is 7.15. The summed E-state index contributed by atoms with van der Waals surface area (Å²) in [6.45, 7) is 0. The van der Waals surface area contributed by atoms with Gasteiger partial charge in [-0.1, -0.05) is 46.6 Å². The normalized spacial score (nSPS) is 18.9. The zero-order valence-electron chi connectivity index (χ0n) is 11.1. The van der Waals surface area contributed by atoms with Crippen LogP contribution < -0.4 is 5.32 Å². The highest BCUT2D eigenvalue weighted by Gasteiger charge is 2.22. The highest BCUT2D eigenvalue weighted by molar-refractivity contribution is 9.10. The van der Waals surface area contributed by atoms with E-state index in [2.05, 4.69) is 27.3 Å². The molecule has 1 heterocycles. The maximum Gasteiger partial charge on any atom is 0.237 e. The molecule has 0 aromatic heterocycles. The molecule has 0 aliphatic carbocycles. The minimum absolute atomic E-state index is 0.103. The molecule has 1 atom stereocenters. The molecule has 0 radical (unpaired) electrons. The lowest BCUT2D eigenvalue weighted by Gasteiger charge is -2.21. The van der Waals surface area contributed by atoms with Gasteiger partial charge in [-0.2, -0.15) is 0 Å². The highest BCUT2D eigenvalue weighted by Crippen LogP contribution is 2.31. The molecule has 2 aromatic carbocycles. The Hall–Kier alpha value is -1.00. The van der Waals surface area contributed by atoms with Gasteiger partial charge in [-0.25, -0.2) is 0 Å². The maximum atomic E-state index is 12.4. The highest BCUT2D eigenvalue weighted by atomic mass is 79.9. The third-order valence-corrected chi connectivity index (χ3v) is 5.67. The summed E-state index contributed by atoms with van der Waals surface area (Å²) in [5.41, 5.74) is 0.903. The standard InChI is InChI=1S/C16H16BrNOS/c17-13-8-9-14(12-6-2-1-5-11(12)13)18-16(19)15-7-3-4-10-20-15/h1-2,5-6,8-9,15H,3-4,7,10H2,(H,18,19). The molecule has 1 fully saturated rings. The lowest BCUT2D eigenvalue weighted by Crippen LogP contribution is -2.27. The largest absolute Gasteiger partial charge is 0.325 e. The van der Waals surface area contributed by atoms with E-state index in [9.17, 15) is 4.79 Å². The van der Waals surface area contributed by atoms with Crippen LogP contribution in [0.4, 0.5) is 5.69 Å². The monoisotopic (exact) mass is 349 g/mol. The summed E-state index contributed by atoms with van der Waals surface area (Å²) in [4.78, 5) is 12.4. The van der Waals surface area contributed by atoms with E-state index in [1.54, 1.807) is 11.8 Å². The lowest BCUT2D eigenvalue weighted by molar-refractivity contribution is -0.115. The number of benzene rings is 2. The van der Waals surface area contributed by atoms with Crippen LogP contribution in [0, 0.1) is 0 Å². The molecule has 0 bridgehead atoms. The van der Waals surface area contributed by atoms with Gasteiger partial charge in [0.1, 0.15) is 0 Å². The van der Waals surface area contributed by atoms with Crippen molar-refractivity contribution in [2.45, 2.75) is 24.5 Å². The summed E-state index contributed by atoms with van der Waals surface area (Å²) in [5.74, 6) is 1.24. The molecule has 0 spiro atoms. The Morgan fingerprint density at radius 1 is 1.15 bits per heavy atom. The zero-order chi connectivity index (χ0) is 13.9. The molecule has 1 N–H and O–H groups in total. The van der Waals surface area contributed by atoms with Crippen molar-refractivity contribution in [1.29, 1.82) is 0 Å². The Morgan fingerprint density at radius 3 is 2.70 bits per heavy atom. The molecule has 1 unspecified atom stereocenters. The number of halogens is 1. The van der Waals surface area contributed by atoms with Crippen molar-refractivity contribution in [3.63, 3.8) is 0 Å². The lowest BCUT2D eigenvalue weighted by atomic mass is 10.1. The maximum absolute atomic E-state index is 12.4. The van der Waals surface area contributed by atoms with Gasteiger partial charge < -0.3 is 5.32 Å². The van der Waals surface area contributed by atoms with Gasteiger partial charge in [0.05, 0.1) is 5.25 Å². The molecule has 104 valence electrons. The average Bonchev–Trinajstić information content (AvgIpc) is 2.51. The fraction of sp³-hybridized carbons (Fsp3) is 0.312. The van der Waals surface area contributed by atoms with Crippen LogP contribution in [0.5, 0.6) is 0 Å². The average molecular weight is 350 g/mol. The van der Waals surface area contributed by atoms with Crippen molar-refractivity contribution in [3.05, 3.63) is 40.9 Å². The number of anilines is 1. The number of nitrogens with one attached hydrogen (secondary N) is 1. The van der Waals surface area contributed by atoms with Crippen molar-refractivity contribution in [2.24, 2.45) is 0 Å². The smallest absolute Gasteiger partial charge is 0.237 e. The van der Waals surface area contributed by atoms with E-state index in [0.29, 0.717) is 0 Å². The summed E-state index contributed by atoms with van der Waals surface area (Å²) >= 11 is 5.33. The first kappa shape index (κ1) is 14.0. The van der Waals surface area contributed by atoms with Gasteiger partial charge in [-0.3, -0.25) is 4.79 Å². The number of carbonyl (C=O) groups excluding carboxylic acids is 1. The Balaban J connectivity index is 1.87. The molecule has 20 heavy (non-hydrogen) atoms. The molecule has 0 saturated carbocycles. The predicted molar refractivity (Wildman–Crippen MR) is 90.4 cm³/mol. The van der Waals surface area contributed by atoms with Crippen LogP contribution in [0.25, 0.3) is 10.8 Å². The Bertz CT molecular complexity index is 637. The topological polar surface area (TPSA) is 29.1 Å². The van der Waals surface area contributed by atoms with E-state index in [4.69, 9.17) is 0 Å². The van der Waals surface area contributed by atoms with Gasteiger partial charge in [-0.15, -0.1) is 11.8 Å². The molecular weight excluding hydrogens is 334 g/mol. The second kappa shape index (κ2) is 6.19. The SMILES string of the molecule is O=C(Nc1ccc(Br)c2ccccc12)C1CCCCS1. The van der Waals surface area contributed by atoms with E-state index >= 15 is 0 Å². The summed E-state index contributed by atoms with van der Waals surface area (Å²) in [6.07, 6.45) is 3.38. The number of carbonyl (C=O) groups is 1. The van der Waals surface area contributed by atoms with E-state index in [0.717, 1.165) is 39.5 Å². The fourth-order valence-corrected chi connectivity index (χ4v) is 4.21. The summed E-state index contributed by atoms with van der Waals surface area (Å²) < 4.78 is 1.05. The molecule has 3 rings (SSSR count). The van der Waals surface area contributed by atoms with Crippen molar-refractivity contribution >= 4 is 50.1 Å². The summed E-state index contributed by atoms with van der Waals surface area (Å²) in [7, 11) is 0. The predicted octanol–water partition coefficient (Wildman–Crippen LogP) is 4.83. The van der Waals surface area contributed by atoms with Crippen molar-refractivity contribution in [1.82, 2.24) is 0 Å². The quantitative estimate of drug-likeness (QED) is 0.841. The number of fused-ring (bicyclic) bond motifs is 1. The minimum atomic E-state index is 0.103. The molecule has 2 aromatic rings. The molecule has 1 saturated heterocycles. The molecule has 4 heteroatoms. The van der Waals surface area contributed by atoms with E-state index in [1.165, 1.54) is 6.42 Å². The van der Waals surface area contributed by atoms with E-state index < -0.39 is 0 Å². The summed E-state index contributed by atoms with van der Waals surface area (Å²) in [5, 5.41) is 5.41. The minimum Gasteiger partial charge on any atom is -0.325 e. The first-order chi connectivity index (χ1) is 9.75. The van der Waals surface area contributed by atoms with Crippen molar-refractivity contribution < 1.29 is 4.79 Å². The number of thioether (sulfide) groups is 1. The number of rotatable bonds is 2. The molecule has 2 nitrogen and oxygen atoms in total.